The zero-order valence-electron chi connectivity index (χ0n) is 14.9. The molecule has 0 spiro atoms. The van der Waals surface area contributed by atoms with E-state index in [9.17, 15) is 17.6 Å². The summed E-state index contributed by atoms with van der Waals surface area (Å²) in [6.45, 7) is 2.05. The minimum Gasteiger partial charge on any atom is -0.366 e. The lowest BCUT2D eigenvalue weighted by atomic mass is 10.2. The number of hydrogen-bond donors (Lipinski definition) is 2. The number of halogens is 1. The maximum absolute atomic E-state index is 13.9. The Morgan fingerprint density at radius 1 is 0.963 bits per heavy atom. The van der Waals surface area contributed by atoms with Crippen molar-refractivity contribution in [3.05, 3.63) is 54.3 Å². The lowest BCUT2D eigenvalue weighted by Gasteiger charge is -2.36. The highest BCUT2D eigenvalue weighted by atomic mass is 32.2. The van der Waals surface area contributed by atoms with Crippen LogP contribution in [-0.2, 0) is 10.0 Å². The topological polar surface area (TPSA) is 81.8 Å². The average molecular weight is 392 g/mol. The summed E-state index contributed by atoms with van der Waals surface area (Å²) in [5, 5.41) is 2.78. The summed E-state index contributed by atoms with van der Waals surface area (Å²) < 4.78 is 38.6. The number of carbonyl (C=O) groups excluding carboxylic acids is 1. The third-order valence-corrected chi connectivity index (χ3v) is 4.81. The molecule has 1 aliphatic rings. The number of hydrogen-bond acceptors (Lipinski definition) is 4. The number of piperazine rings is 1. The van der Waals surface area contributed by atoms with Gasteiger partial charge in [-0.1, -0.05) is 12.1 Å². The number of nitrogens with zero attached hydrogens (tertiary/aromatic N) is 2. The average Bonchev–Trinajstić information content (AvgIpc) is 2.63. The first-order valence-corrected chi connectivity index (χ1v) is 10.3. The molecule has 0 bridgehead atoms. The molecule has 2 amide bonds. The first-order chi connectivity index (χ1) is 12.8. The highest BCUT2D eigenvalue weighted by molar-refractivity contribution is 7.92. The quantitative estimate of drug-likeness (QED) is 0.838. The number of amides is 2. The lowest BCUT2D eigenvalue weighted by Crippen LogP contribution is -2.50. The molecule has 2 aromatic carbocycles. The third-order valence-electron chi connectivity index (χ3n) is 4.20. The van der Waals surface area contributed by atoms with Gasteiger partial charge in [-0.05, 0) is 36.4 Å². The van der Waals surface area contributed by atoms with E-state index in [0.29, 0.717) is 43.2 Å². The Balaban J connectivity index is 1.54. The van der Waals surface area contributed by atoms with Gasteiger partial charge >= 0.3 is 6.03 Å². The number of carbonyl (C=O) groups is 1. The summed E-state index contributed by atoms with van der Waals surface area (Å²) in [6.07, 6.45) is 1.07. The Hall–Kier alpha value is -2.81. The fraction of sp³-hybridized carbons (Fsp3) is 0.278. The van der Waals surface area contributed by atoms with Gasteiger partial charge in [-0.3, -0.25) is 4.72 Å². The van der Waals surface area contributed by atoms with Gasteiger partial charge < -0.3 is 15.1 Å². The molecule has 1 fully saturated rings. The van der Waals surface area contributed by atoms with E-state index in [1.54, 1.807) is 47.4 Å². The number of sulfonamides is 1. The van der Waals surface area contributed by atoms with Crippen molar-refractivity contribution in [2.45, 2.75) is 0 Å². The second-order valence-electron chi connectivity index (χ2n) is 6.31. The normalized spacial score (nSPS) is 14.7. The van der Waals surface area contributed by atoms with Crippen molar-refractivity contribution in [1.29, 1.82) is 0 Å². The van der Waals surface area contributed by atoms with E-state index in [1.807, 2.05) is 4.90 Å². The minimum absolute atomic E-state index is 0.244. The number of urea groups is 1. The number of anilines is 3. The zero-order valence-corrected chi connectivity index (χ0v) is 15.7. The van der Waals surface area contributed by atoms with Crippen molar-refractivity contribution in [2.75, 3.05) is 47.4 Å². The van der Waals surface area contributed by atoms with E-state index in [4.69, 9.17) is 0 Å². The molecule has 0 atom stereocenters. The molecule has 1 aliphatic heterocycles. The molecule has 144 valence electrons. The summed E-state index contributed by atoms with van der Waals surface area (Å²) >= 11 is 0. The van der Waals surface area contributed by atoms with Crippen LogP contribution in [0, 0.1) is 5.82 Å². The predicted octanol–water partition coefficient (Wildman–Crippen LogP) is 2.55. The molecule has 0 aromatic heterocycles. The van der Waals surface area contributed by atoms with Crippen molar-refractivity contribution in [2.24, 2.45) is 0 Å². The predicted molar refractivity (Wildman–Crippen MR) is 104 cm³/mol. The van der Waals surface area contributed by atoms with E-state index in [1.165, 1.54) is 6.07 Å². The number of para-hydroxylation sites is 1. The Morgan fingerprint density at radius 3 is 2.15 bits per heavy atom. The van der Waals surface area contributed by atoms with Crippen LogP contribution in [0.1, 0.15) is 0 Å². The molecule has 7 nitrogen and oxygen atoms in total. The number of rotatable bonds is 4. The molecule has 0 radical (unpaired) electrons. The Labute approximate surface area is 157 Å². The third kappa shape index (κ3) is 5.10. The van der Waals surface area contributed by atoms with Gasteiger partial charge in [0.15, 0.2) is 0 Å². The molecule has 3 rings (SSSR count). The molecule has 2 aromatic rings. The van der Waals surface area contributed by atoms with Gasteiger partial charge in [-0.2, -0.15) is 0 Å². The summed E-state index contributed by atoms with van der Waals surface area (Å²) in [6, 6.07) is 12.8. The van der Waals surface area contributed by atoms with Gasteiger partial charge in [0.05, 0.1) is 11.9 Å². The molecular formula is C18H21FN4O3S. The maximum Gasteiger partial charge on any atom is 0.321 e. The summed E-state index contributed by atoms with van der Waals surface area (Å²) in [5.74, 6) is -0.266. The standard InChI is InChI=1S/C18H21FN4O3S/c1-27(25,26)21-15-8-6-14(7-9-15)20-18(24)23-12-10-22(11-13-23)17-5-3-2-4-16(17)19/h2-9,21H,10-13H2,1H3,(H,20,24). The van der Waals surface area contributed by atoms with Crippen LogP contribution >= 0.6 is 0 Å². The van der Waals surface area contributed by atoms with Crippen LogP contribution in [-0.4, -0.2) is 51.8 Å². The Kier molecular flexibility index (Phi) is 5.50. The van der Waals surface area contributed by atoms with E-state index in [-0.39, 0.29) is 11.8 Å². The van der Waals surface area contributed by atoms with Crippen molar-refractivity contribution in [3.8, 4) is 0 Å². The van der Waals surface area contributed by atoms with Gasteiger partial charge in [0, 0.05) is 37.6 Å². The van der Waals surface area contributed by atoms with E-state index in [2.05, 4.69) is 10.0 Å². The van der Waals surface area contributed by atoms with Gasteiger partial charge in [-0.25, -0.2) is 17.6 Å². The second-order valence-corrected chi connectivity index (χ2v) is 8.06. The molecular weight excluding hydrogens is 371 g/mol. The monoisotopic (exact) mass is 392 g/mol. The van der Waals surface area contributed by atoms with Gasteiger partial charge in [-0.15, -0.1) is 0 Å². The molecule has 0 aliphatic carbocycles. The molecule has 27 heavy (non-hydrogen) atoms. The summed E-state index contributed by atoms with van der Waals surface area (Å²) in [5.41, 5.74) is 1.54. The first kappa shape index (κ1) is 19.0. The zero-order chi connectivity index (χ0) is 19.4. The summed E-state index contributed by atoms with van der Waals surface area (Å²) in [7, 11) is -3.34. The molecule has 1 saturated heterocycles. The van der Waals surface area contributed by atoms with Gasteiger partial charge in [0.2, 0.25) is 10.0 Å². The van der Waals surface area contributed by atoms with Crippen LogP contribution in [0.3, 0.4) is 0 Å². The molecule has 0 unspecified atom stereocenters. The van der Waals surface area contributed by atoms with Crippen LogP contribution in [0.15, 0.2) is 48.5 Å². The van der Waals surface area contributed by atoms with E-state index >= 15 is 0 Å². The number of benzene rings is 2. The van der Waals surface area contributed by atoms with Crippen molar-refractivity contribution in [3.63, 3.8) is 0 Å². The van der Waals surface area contributed by atoms with Gasteiger partial charge in [0.1, 0.15) is 5.82 Å². The van der Waals surface area contributed by atoms with Crippen LogP contribution in [0.5, 0.6) is 0 Å². The molecule has 1 heterocycles. The summed E-state index contributed by atoms with van der Waals surface area (Å²) in [4.78, 5) is 16.0. The maximum atomic E-state index is 13.9. The number of nitrogens with one attached hydrogen (secondary N) is 2. The van der Waals surface area contributed by atoms with Crippen LogP contribution in [0.25, 0.3) is 0 Å². The van der Waals surface area contributed by atoms with Crippen molar-refractivity contribution in [1.82, 2.24) is 4.90 Å². The van der Waals surface area contributed by atoms with Crippen molar-refractivity contribution >= 4 is 33.1 Å². The van der Waals surface area contributed by atoms with Crippen LogP contribution in [0.4, 0.5) is 26.2 Å². The fourth-order valence-corrected chi connectivity index (χ4v) is 3.46. The van der Waals surface area contributed by atoms with Gasteiger partial charge in [0.25, 0.3) is 0 Å². The minimum atomic E-state index is -3.34. The van der Waals surface area contributed by atoms with Crippen LogP contribution < -0.4 is 14.9 Å². The molecule has 0 saturated carbocycles. The second kappa shape index (κ2) is 7.83. The SMILES string of the molecule is CS(=O)(=O)Nc1ccc(NC(=O)N2CCN(c3ccccc3F)CC2)cc1. The molecule has 2 N–H and O–H groups in total. The lowest BCUT2D eigenvalue weighted by molar-refractivity contribution is 0.208. The van der Waals surface area contributed by atoms with E-state index in [0.717, 1.165) is 6.26 Å². The van der Waals surface area contributed by atoms with Crippen LogP contribution in [0.2, 0.25) is 0 Å². The highest BCUT2D eigenvalue weighted by Crippen LogP contribution is 2.21. The largest absolute Gasteiger partial charge is 0.366 e. The van der Waals surface area contributed by atoms with Crippen molar-refractivity contribution < 1.29 is 17.6 Å². The fourth-order valence-electron chi connectivity index (χ4n) is 2.90. The smallest absolute Gasteiger partial charge is 0.321 e. The Bertz CT molecular complexity index is 910. The molecule has 9 heteroatoms. The van der Waals surface area contributed by atoms with E-state index < -0.39 is 10.0 Å². The highest BCUT2D eigenvalue weighted by Gasteiger charge is 2.22. The Morgan fingerprint density at radius 2 is 1.56 bits per heavy atom. The first-order valence-electron chi connectivity index (χ1n) is 8.45.